The SMILES string of the molecule is C=CC[SiH](O[Si](c1ccccc1)(c1ccccc1)c1ccccc1)c1ccccc1. The van der Waals surface area contributed by atoms with Crippen LogP contribution in [0.5, 0.6) is 0 Å². The molecule has 30 heavy (non-hydrogen) atoms. The number of hydrogen-bond donors (Lipinski definition) is 0. The highest BCUT2D eigenvalue weighted by Crippen LogP contribution is 2.13. The van der Waals surface area contributed by atoms with Gasteiger partial charge >= 0.3 is 0 Å². The van der Waals surface area contributed by atoms with E-state index in [-0.39, 0.29) is 0 Å². The Morgan fingerprint density at radius 2 is 0.967 bits per heavy atom. The lowest BCUT2D eigenvalue weighted by Crippen LogP contribution is -2.71. The van der Waals surface area contributed by atoms with Crippen LogP contribution in [0.3, 0.4) is 0 Å². The first kappa shape index (κ1) is 20.3. The van der Waals surface area contributed by atoms with E-state index in [0.717, 1.165) is 6.04 Å². The molecule has 0 heterocycles. The van der Waals surface area contributed by atoms with Gasteiger partial charge in [-0.25, -0.2) is 0 Å². The van der Waals surface area contributed by atoms with E-state index in [1.165, 1.54) is 20.7 Å². The van der Waals surface area contributed by atoms with E-state index < -0.39 is 17.4 Å². The van der Waals surface area contributed by atoms with Crippen molar-refractivity contribution in [3.05, 3.63) is 134 Å². The van der Waals surface area contributed by atoms with Crippen molar-refractivity contribution < 1.29 is 4.12 Å². The highest BCUT2D eigenvalue weighted by atomic mass is 28.4. The summed E-state index contributed by atoms with van der Waals surface area (Å²) in [6.07, 6.45) is 2.02. The maximum absolute atomic E-state index is 7.43. The molecule has 0 saturated heterocycles. The predicted octanol–water partition coefficient (Wildman–Crippen LogP) is 3.49. The highest BCUT2D eigenvalue weighted by Gasteiger charge is 2.43. The maximum Gasteiger partial charge on any atom is 0.278 e. The third kappa shape index (κ3) is 4.14. The van der Waals surface area contributed by atoms with E-state index in [0.29, 0.717) is 0 Å². The van der Waals surface area contributed by atoms with Crippen LogP contribution in [0.25, 0.3) is 0 Å². The Bertz CT molecular complexity index is 954. The van der Waals surface area contributed by atoms with Gasteiger partial charge in [0.05, 0.1) is 0 Å². The summed E-state index contributed by atoms with van der Waals surface area (Å²) in [7, 11) is -4.48. The molecule has 4 aromatic rings. The summed E-state index contributed by atoms with van der Waals surface area (Å²) in [6.45, 7) is 4.04. The van der Waals surface area contributed by atoms with Crippen LogP contribution in [0.2, 0.25) is 6.04 Å². The molecule has 0 aromatic heterocycles. The van der Waals surface area contributed by atoms with Crippen molar-refractivity contribution in [1.29, 1.82) is 0 Å². The van der Waals surface area contributed by atoms with E-state index in [1.54, 1.807) is 0 Å². The van der Waals surface area contributed by atoms with E-state index in [4.69, 9.17) is 4.12 Å². The minimum atomic E-state index is -2.69. The molecular formula is C27H26OSi2. The van der Waals surface area contributed by atoms with Crippen LogP contribution in [0.1, 0.15) is 0 Å². The lowest BCUT2D eigenvalue weighted by Gasteiger charge is -2.36. The molecule has 0 saturated carbocycles. The van der Waals surface area contributed by atoms with Crippen LogP contribution in [0, 0.1) is 0 Å². The molecule has 0 spiro atoms. The molecule has 148 valence electrons. The molecule has 0 aliphatic heterocycles. The van der Waals surface area contributed by atoms with Gasteiger partial charge in [0.2, 0.25) is 0 Å². The monoisotopic (exact) mass is 422 g/mol. The van der Waals surface area contributed by atoms with Crippen LogP contribution in [-0.2, 0) is 4.12 Å². The Morgan fingerprint density at radius 1 is 0.600 bits per heavy atom. The van der Waals surface area contributed by atoms with Crippen LogP contribution in [0.4, 0.5) is 0 Å². The van der Waals surface area contributed by atoms with Gasteiger partial charge in [-0.05, 0) is 26.8 Å². The fraction of sp³-hybridized carbons (Fsp3) is 0.0370. The molecule has 4 rings (SSSR count). The largest absolute Gasteiger partial charge is 0.444 e. The molecule has 0 aliphatic rings. The summed E-state index contributed by atoms with van der Waals surface area (Å²) in [5.74, 6) is 0. The van der Waals surface area contributed by atoms with Crippen LogP contribution >= 0.6 is 0 Å². The second-order valence-electron chi connectivity index (χ2n) is 7.32. The first-order valence-corrected chi connectivity index (χ1v) is 14.1. The molecule has 1 nitrogen and oxygen atoms in total. The topological polar surface area (TPSA) is 9.23 Å². The molecule has 0 N–H and O–H groups in total. The zero-order chi connectivity index (χ0) is 20.7. The molecule has 4 aromatic carbocycles. The van der Waals surface area contributed by atoms with Crippen molar-refractivity contribution in [2.24, 2.45) is 0 Å². The quantitative estimate of drug-likeness (QED) is 0.240. The standard InChI is InChI=1S/C27H26OSi2/c1-2-23-29(24-15-7-3-8-16-24)28-30(25-17-9-4-10-18-25,26-19-11-5-12-20-26)27-21-13-6-14-22-27/h2-22,29H,1,23H2. The van der Waals surface area contributed by atoms with Crippen molar-refractivity contribution in [2.45, 2.75) is 6.04 Å². The van der Waals surface area contributed by atoms with Crippen LogP contribution in [-0.4, -0.2) is 17.4 Å². The summed E-state index contributed by atoms with van der Waals surface area (Å²) in [5, 5.41) is 5.15. The fourth-order valence-electron chi connectivity index (χ4n) is 4.01. The summed E-state index contributed by atoms with van der Waals surface area (Å²) < 4.78 is 7.43. The first-order chi connectivity index (χ1) is 14.8. The number of rotatable bonds is 8. The third-order valence-corrected chi connectivity index (χ3v) is 13.3. The zero-order valence-corrected chi connectivity index (χ0v) is 19.2. The van der Waals surface area contributed by atoms with Gasteiger partial charge in [-0.15, -0.1) is 6.58 Å². The average Bonchev–Trinajstić information content (AvgIpc) is 2.84. The van der Waals surface area contributed by atoms with Crippen molar-refractivity contribution in [2.75, 3.05) is 0 Å². The van der Waals surface area contributed by atoms with Crippen molar-refractivity contribution in [3.8, 4) is 0 Å². The molecule has 0 radical (unpaired) electrons. The smallest absolute Gasteiger partial charge is 0.278 e. The van der Waals surface area contributed by atoms with Gasteiger partial charge in [-0.1, -0.05) is 127 Å². The molecule has 3 heteroatoms. The van der Waals surface area contributed by atoms with Gasteiger partial charge in [0.25, 0.3) is 8.32 Å². The van der Waals surface area contributed by atoms with E-state index in [1.807, 2.05) is 6.08 Å². The van der Waals surface area contributed by atoms with Crippen molar-refractivity contribution in [1.82, 2.24) is 0 Å². The van der Waals surface area contributed by atoms with E-state index in [9.17, 15) is 0 Å². The summed E-state index contributed by atoms with van der Waals surface area (Å²) in [5.41, 5.74) is 0. The van der Waals surface area contributed by atoms with Crippen LogP contribution < -0.4 is 20.7 Å². The average molecular weight is 423 g/mol. The number of hydrogen-bond acceptors (Lipinski definition) is 1. The second kappa shape index (κ2) is 9.68. The molecular weight excluding hydrogens is 396 g/mol. The summed E-state index contributed by atoms with van der Waals surface area (Å²) in [6, 6.07) is 44.0. The minimum Gasteiger partial charge on any atom is -0.444 e. The Balaban J connectivity index is 1.96. The Labute approximate surface area is 182 Å². The fourth-order valence-corrected chi connectivity index (χ4v) is 12.5. The van der Waals surface area contributed by atoms with Gasteiger partial charge in [0.15, 0.2) is 9.04 Å². The van der Waals surface area contributed by atoms with Crippen molar-refractivity contribution in [3.63, 3.8) is 0 Å². The first-order valence-electron chi connectivity index (χ1n) is 10.3. The second-order valence-corrected chi connectivity index (χ2v) is 13.5. The Morgan fingerprint density at radius 3 is 1.33 bits per heavy atom. The normalized spacial score (nSPS) is 12.3. The highest BCUT2D eigenvalue weighted by molar-refractivity contribution is 7.10. The lowest BCUT2D eigenvalue weighted by molar-refractivity contribution is 0.606. The zero-order valence-electron chi connectivity index (χ0n) is 17.0. The predicted molar refractivity (Wildman–Crippen MR) is 133 cm³/mol. The van der Waals surface area contributed by atoms with Gasteiger partial charge in [-0.3, -0.25) is 0 Å². The molecule has 1 atom stereocenters. The van der Waals surface area contributed by atoms with Gasteiger partial charge < -0.3 is 4.12 Å². The summed E-state index contributed by atoms with van der Waals surface area (Å²) >= 11 is 0. The van der Waals surface area contributed by atoms with Gasteiger partial charge in [0.1, 0.15) is 0 Å². The Kier molecular flexibility index (Phi) is 6.55. The van der Waals surface area contributed by atoms with Gasteiger partial charge in [0, 0.05) is 0 Å². The number of benzene rings is 4. The minimum absolute atomic E-state index is 0.894. The van der Waals surface area contributed by atoms with E-state index >= 15 is 0 Å². The molecule has 0 aliphatic carbocycles. The Hall–Kier alpha value is -2.99. The number of allylic oxidation sites excluding steroid dienone is 1. The lowest BCUT2D eigenvalue weighted by atomic mass is 10.3. The summed E-state index contributed by atoms with van der Waals surface area (Å²) in [4.78, 5) is 0. The molecule has 0 amide bonds. The van der Waals surface area contributed by atoms with Crippen molar-refractivity contribution >= 4 is 38.1 Å². The van der Waals surface area contributed by atoms with Gasteiger partial charge in [-0.2, -0.15) is 0 Å². The molecule has 1 unspecified atom stereocenters. The van der Waals surface area contributed by atoms with E-state index in [2.05, 4.69) is 128 Å². The maximum atomic E-state index is 7.43. The third-order valence-electron chi connectivity index (χ3n) is 5.41. The van der Waals surface area contributed by atoms with Crippen LogP contribution in [0.15, 0.2) is 134 Å². The molecule has 0 fully saturated rings. The molecule has 0 bridgehead atoms.